The summed E-state index contributed by atoms with van der Waals surface area (Å²) in [7, 11) is 0. The number of carbonyl (C=O) groups is 2. The molecule has 0 bridgehead atoms. The summed E-state index contributed by atoms with van der Waals surface area (Å²) in [5.74, 6) is -0.415. The molecule has 1 aliphatic heterocycles. The first-order valence-corrected chi connectivity index (χ1v) is 11.8. The van der Waals surface area contributed by atoms with Gasteiger partial charge in [0, 0.05) is 35.9 Å². The molecular formula is C25H23N5O2S. The van der Waals surface area contributed by atoms with Crippen LogP contribution in [-0.2, 0) is 4.79 Å². The predicted octanol–water partition coefficient (Wildman–Crippen LogP) is 4.49. The molecule has 33 heavy (non-hydrogen) atoms. The Morgan fingerprint density at radius 3 is 2.58 bits per heavy atom. The lowest BCUT2D eigenvalue weighted by Crippen LogP contribution is -2.43. The third-order valence-corrected chi connectivity index (χ3v) is 6.59. The molecule has 8 heteroatoms. The maximum Gasteiger partial charge on any atom is 0.273 e. The molecule has 7 nitrogen and oxygen atoms in total. The molecule has 1 atom stereocenters. The van der Waals surface area contributed by atoms with Gasteiger partial charge in [0.2, 0.25) is 5.91 Å². The van der Waals surface area contributed by atoms with Gasteiger partial charge < -0.3 is 10.2 Å². The molecule has 1 N–H and O–H groups in total. The minimum absolute atomic E-state index is 0.0500. The van der Waals surface area contributed by atoms with Gasteiger partial charge >= 0.3 is 0 Å². The molecule has 1 unspecified atom stereocenters. The topological polar surface area (TPSA) is 80.1 Å². The SMILES string of the molecule is O=C(Nc1ccccc1)C1CCCN(C(=O)c2csc(-c3cnn(-c4ccccc4)c3)n2)C1. The van der Waals surface area contributed by atoms with Crippen molar-refractivity contribution in [2.75, 3.05) is 18.4 Å². The number of carbonyl (C=O) groups excluding carboxylic acids is 2. The van der Waals surface area contributed by atoms with Crippen LogP contribution in [0.5, 0.6) is 0 Å². The van der Waals surface area contributed by atoms with Gasteiger partial charge in [-0.15, -0.1) is 11.3 Å². The number of rotatable bonds is 5. The Morgan fingerprint density at radius 2 is 1.79 bits per heavy atom. The molecule has 5 rings (SSSR count). The minimum atomic E-state index is -0.231. The maximum absolute atomic E-state index is 13.1. The number of nitrogens with one attached hydrogen (secondary N) is 1. The number of benzene rings is 2. The third-order valence-electron chi connectivity index (χ3n) is 5.69. The fourth-order valence-electron chi connectivity index (χ4n) is 3.96. The Kier molecular flexibility index (Phi) is 5.99. The molecule has 2 amide bonds. The second kappa shape index (κ2) is 9.38. The lowest BCUT2D eigenvalue weighted by atomic mass is 9.96. The number of aromatic nitrogens is 3. The molecule has 1 saturated heterocycles. The first-order valence-electron chi connectivity index (χ1n) is 10.9. The number of para-hydroxylation sites is 2. The molecule has 4 aromatic rings. The summed E-state index contributed by atoms with van der Waals surface area (Å²) < 4.78 is 1.79. The van der Waals surface area contributed by atoms with Gasteiger partial charge in [0.25, 0.3) is 5.91 Å². The van der Waals surface area contributed by atoms with E-state index in [1.807, 2.05) is 66.9 Å². The van der Waals surface area contributed by atoms with E-state index < -0.39 is 0 Å². The van der Waals surface area contributed by atoms with Crippen LogP contribution in [0.1, 0.15) is 23.3 Å². The van der Waals surface area contributed by atoms with Crippen LogP contribution in [0.25, 0.3) is 16.3 Å². The molecule has 2 aromatic heterocycles. The Morgan fingerprint density at radius 1 is 1.03 bits per heavy atom. The first-order chi connectivity index (χ1) is 16.2. The van der Waals surface area contributed by atoms with Crippen LogP contribution in [0, 0.1) is 5.92 Å². The average Bonchev–Trinajstić information content (AvgIpc) is 3.55. The first kappa shape index (κ1) is 21.1. The van der Waals surface area contributed by atoms with Crippen molar-refractivity contribution in [3.63, 3.8) is 0 Å². The zero-order valence-electron chi connectivity index (χ0n) is 17.9. The highest BCUT2D eigenvalue weighted by Crippen LogP contribution is 2.26. The Balaban J connectivity index is 1.26. The number of piperidine rings is 1. The predicted molar refractivity (Wildman–Crippen MR) is 128 cm³/mol. The molecule has 0 saturated carbocycles. The molecule has 1 fully saturated rings. The van der Waals surface area contributed by atoms with Crippen molar-refractivity contribution in [2.24, 2.45) is 5.92 Å². The quantitative estimate of drug-likeness (QED) is 0.479. The van der Waals surface area contributed by atoms with Crippen LogP contribution in [0.2, 0.25) is 0 Å². The second-order valence-electron chi connectivity index (χ2n) is 7.99. The van der Waals surface area contributed by atoms with Crippen molar-refractivity contribution in [3.05, 3.63) is 84.1 Å². The van der Waals surface area contributed by atoms with Gasteiger partial charge in [-0.05, 0) is 37.1 Å². The Labute approximate surface area is 195 Å². The van der Waals surface area contributed by atoms with E-state index in [9.17, 15) is 9.59 Å². The highest BCUT2D eigenvalue weighted by molar-refractivity contribution is 7.13. The number of likely N-dealkylation sites (tertiary alicyclic amines) is 1. The summed E-state index contributed by atoms with van der Waals surface area (Å²) in [5, 5.41) is 9.90. The fourth-order valence-corrected chi connectivity index (χ4v) is 4.73. The lowest BCUT2D eigenvalue weighted by Gasteiger charge is -2.31. The van der Waals surface area contributed by atoms with E-state index in [0.717, 1.165) is 34.8 Å². The number of thiazole rings is 1. The molecule has 0 radical (unpaired) electrons. The number of hydrogen-bond acceptors (Lipinski definition) is 5. The van der Waals surface area contributed by atoms with Crippen LogP contribution in [0.15, 0.2) is 78.4 Å². The van der Waals surface area contributed by atoms with E-state index in [1.54, 1.807) is 21.2 Å². The molecule has 3 heterocycles. The van der Waals surface area contributed by atoms with Crippen molar-refractivity contribution in [2.45, 2.75) is 12.8 Å². The van der Waals surface area contributed by atoms with Crippen LogP contribution in [0.4, 0.5) is 5.69 Å². The van der Waals surface area contributed by atoms with E-state index in [2.05, 4.69) is 15.4 Å². The minimum Gasteiger partial charge on any atom is -0.336 e. The fraction of sp³-hybridized carbons (Fsp3) is 0.200. The summed E-state index contributed by atoms with van der Waals surface area (Å²) in [5.41, 5.74) is 3.00. The highest BCUT2D eigenvalue weighted by atomic mass is 32.1. The molecule has 0 spiro atoms. The van der Waals surface area contributed by atoms with Crippen LogP contribution in [-0.4, -0.2) is 44.6 Å². The van der Waals surface area contributed by atoms with Gasteiger partial charge in [-0.2, -0.15) is 5.10 Å². The lowest BCUT2D eigenvalue weighted by molar-refractivity contribution is -0.121. The maximum atomic E-state index is 13.1. The Bertz CT molecular complexity index is 1250. The van der Waals surface area contributed by atoms with Crippen molar-refractivity contribution >= 4 is 28.8 Å². The largest absolute Gasteiger partial charge is 0.336 e. The molecule has 1 aliphatic rings. The normalized spacial score (nSPS) is 15.9. The number of hydrogen-bond donors (Lipinski definition) is 1. The van der Waals surface area contributed by atoms with Crippen molar-refractivity contribution < 1.29 is 9.59 Å². The summed E-state index contributed by atoms with van der Waals surface area (Å²) >= 11 is 1.42. The standard InChI is InChI=1S/C25H23N5O2S/c31-23(27-20-9-3-1-4-10-20)18-8-7-13-29(15-18)25(32)22-17-33-24(28-22)19-14-26-30(16-19)21-11-5-2-6-12-21/h1-6,9-12,14,16-18H,7-8,13,15H2,(H,27,31). The smallest absolute Gasteiger partial charge is 0.273 e. The van der Waals surface area contributed by atoms with Gasteiger partial charge in [-0.3, -0.25) is 9.59 Å². The summed E-state index contributed by atoms with van der Waals surface area (Å²) in [6, 6.07) is 19.2. The van der Waals surface area contributed by atoms with E-state index in [0.29, 0.717) is 18.8 Å². The van der Waals surface area contributed by atoms with Gasteiger partial charge in [-0.1, -0.05) is 36.4 Å². The van der Waals surface area contributed by atoms with Crippen LogP contribution in [0.3, 0.4) is 0 Å². The summed E-state index contributed by atoms with van der Waals surface area (Å²) in [6.45, 7) is 1.03. The summed E-state index contributed by atoms with van der Waals surface area (Å²) in [4.78, 5) is 32.1. The van der Waals surface area contributed by atoms with E-state index in [4.69, 9.17) is 0 Å². The van der Waals surface area contributed by atoms with Crippen LogP contribution < -0.4 is 5.32 Å². The molecule has 166 valence electrons. The van der Waals surface area contributed by atoms with Crippen molar-refractivity contribution in [3.8, 4) is 16.3 Å². The monoisotopic (exact) mass is 457 g/mol. The third kappa shape index (κ3) is 4.70. The van der Waals surface area contributed by atoms with E-state index >= 15 is 0 Å². The molecule has 2 aromatic carbocycles. The van der Waals surface area contributed by atoms with E-state index in [-0.39, 0.29) is 17.7 Å². The second-order valence-corrected chi connectivity index (χ2v) is 8.85. The van der Waals surface area contributed by atoms with Gasteiger partial charge in [0.1, 0.15) is 10.7 Å². The zero-order chi connectivity index (χ0) is 22.6. The Hall–Kier alpha value is -3.78. The number of nitrogens with zero attached hydrogens (tertiary/aromatic N) is 4. The number of anilines is 1. The molecule has 0 aliphatic carbocycles. The molecular weight excluding hydrogens is 434 g/mol. The van der Waals surface area contributed by atoms with E-state index in [1.165, 1.54) is 11.3 Å². The van der Waals surface area contributed by atoms with Crippen molar-refractivity contribution in [1.82, 2.24) is 19.7 Å². The van der Waals surface area contributed by atoms with Gasteiger partial charge in [0.05, 0.1) is 17.8 Å². The average molecular weight is 458 g/mol. The van der Waals surface area contributed by atoms with Gasteiger partial charge in [-0.25, -0.2) is 9.67 Å². The zero-order valence-corrected chi connectivity index (χ0v) is 18.7. The van der Waals surface area contributed by atoms with Crippen LogP contribution >= 0.6 is 11.3 Å². The van der Waals surface area contributed by atoms with Crippen molar-refractivity contribution in [1.29, 1.82) is 0 Å². The summed E-state index contributed by atoms with van der Waals surface area (Å²) in [6.07, 6.45) is 5.22. The highest BCUT2D eigenvalue weighted by Gasteiger charge is 2.30. The van der Waals surface area contributed by atoms with Gasteiger partial charge in [0.15, 0.2) is 0 Å². The number of amides is 2.